The first-order chi connectivity index (χ1) is 40.3. The minimum absolute atomic E-state index is 0.114. The first-order valence-electron chi connectivity index (χ1n) is 26.6. The summed E-state index contributed by atoms with van der Waals surface area (Å²) < 4.78 is 8.57. The van der Waals surface area contributed by atoms with Crippen molar-refractivity contribution in [3.63, 3.8) is 0 Å². The molecule has 2 aromatic heterocycles. The van der Waals surface area contributed by atoms with Crippen molar-refractivity contribution in [2.24, 2.45) is 5.16 Å². The fourth-order valence-electron chi connectivity index (χ4n) is 10.8. The van der Waals surface area contributed by atoms with Crippen molar-refractivity contribution < 1.29 is 24.0 Å². The number of carbonyl (C=O) groups is 3. The molecule has 2 aliphatic rings. The number of amides is 2. The van der Waals surface area contributed by atoms with Gasteiger partial charge >= 0.3 is 5.97 Å². The van der Waals surface area contributed by atoms with Crippen LogP contribution in [0.4, 0.5) is 5.13 Å². The van der Waals surface area contributed by atoms with Crippen molar-refractivity contribution in [3.05, 3.63) is 327 Å². The first-order valence-corrected chi connectivity index (χ1v) is 29.5. The molecule has 12 nitrogen and oxygen atoms in total. The van der Waals surface area contributed by atoms with Crippen LogP contribution < -0.4 is 11.1 Å². The number of nitrogens with two attached hydrogens (primary N) is 1. The Labute approximate surface area is 487 Å². The number of nitrogen functional groups attached to an aromatic ring is 1. The van der Waals surface area contributed by atoms with Gasteiger partial charge in [-0.3, -0.25) is 19.2 Å². The molecule has 1 fully saturated rings. The summed E-state index contributed by atoms with van der Waals surface area (Å²) in [4.78, 5) is 58.5. The van der Waals surface area contributed by atoms with Gasteiger partial charge in [0, 0.05) is 50.2 Å². The molecule has 2 atom stereocenters. The molecule has 1 saturated heterocycles. The van der Waals surface area contributed by atoms with E-state index in [0.717, 1.165) is 61.4 Å². The lowest BCUT2D eigenvalue weighted by Gasteiger charge is -2.49. The van der Waals surface area contributed by atoms with E-state index in [0.29, 0.717) is 16.4 Å². The smallest absolute Gasteiger partial charge is 0.356 e. The highest BCUT2D eigenvalue weighted by Gasteiger charge is 2.55. The van der Waals surface area contributed by atoms with Crippen molar-refractivity contribution in [3.8, 4) is 0 Å². The summed E-state index contributed by atoms with van der Waals surface area (Å²) in [5.74, 6) is -1.16. The molecule has 2 amide bonds. The summed E-state index contributed by atoms with van der Waals surface area (Å²) in [6, 6.07) is 77.9. The summed E-state index contributed by atoms with van der Waals surface area (Å²) >= 11 is 4.04. The Morgan fingerprint density at radius 2 is 1.11 bits per heavy atom. The molecule has 4 heterocycles. The molecule has 0 bridgehead atoms. The number of hydrogen-bond donors (Lipinski definition) is 2. The SMILES string of the molecule is Nc1nc(C(=NOC(c2ccccc2)(c2ccccc2)c2ccccc2)C(=O)N[C@@H]2C(=O)N3C(C(=O)OC(c4ccccc4)c4ccccc4)=C(SCc4cnn(C(c5ccccc5)(c5ccccc5)c5ccccc5)c4)CS[C@@H]23)cs1. The van der Waals surface area contributed by atoms with E-state index in [2.05, 4.69) is 58.1 Å². The molecule has 404 valence electrons. The highest BCUT2D eigenvalue weighted by atomic mass is 32.2. The van der Waals surface area contributed by atoms with Crippen molar-refractivity contribution >= 4 is 63.5 Å². The van der Waals surface area contributed by atoms with Gasteiger partial charge in [0.1, 0.15) is 28.3 Å². The van der Waals surface area contributed by atoms with E-state index < -0.39 is 46.4 Å². The van der Waals surface area contributed by atoms with E-state index >= 15 is 4.79 Å². The molecule has 0 spiro atoms. The number of β-lactam (4-membered cyclic amide) rings is 1. The number of hydrogen-bond acceptors (Lipinski definition) is 12. The molecule has 0 unspecified atom stereocenters. The number of fused-ring (bicyclic) bond motifs is 1. The van der Waals surface area contributed by atoms with E-state index in [1.54, 1.807) is 5.38 Å². The molecule has 8 aromatic carbocycles. The molecule has 0 radical (unpaired) electrons. The van der Waals surface area contributed by atoms with Crippen LogP contribution in [0, 0.1) is 0 Å². The van der Waals surface area contributed by atoms with E-state index in [-0.39, 0.29) is 22.2 Å². The number of anilines is 1. The van der Waals surface area contributed by atoms with Gasteiger partial charge in [-0.2, -0.15) is 5.10 Å². The van der Waals surface area contributed by atoms with E-state index in [1.807, 2.05) is 217 Å². The molecule has 3 N–H and O–H groups in total. The number of nitrogens with zero attached hydrogens (tertiary/aromatic N) is 5. The Kier molecular flexibility index (Phi) is 15.5. The third-order valence-corrected chi connectivity index (χ3v) is 17.9. The quantitative estimate of drug-likeness (QED) is 0.0263. The van der Waals surface area contributed by atoms with Crippen molar-refractivity contribution in [2.75, 3.05) is 11.5 Å². The van der Waals surface area contributed by atoms with Crippen molar-refractivity contribution in [1.29, 1.82) is 0 Å². The van der Waals surface area contributed by atoms with Gasteiger partial charge in [-0.1, -0.05) is 248 Å². The predicted molar refractivity (Wildman–Crippen MR) is 324 cm³/mol. The van der Waals surface area contributed by atoms with Gasteiger partial charge in [-0.25, -0.2) is 9.78 Å². The number of nitrogens with one attached hydrogen (secondary N) is 1. The maximum absolute atomic E-state index is 15.2. The van der Waals surface area contributed by atoms with Gasteiger partial charge in [-0.15, -0.1) is 34.9 Å². The number of benzene rings is 8. The third-order valence-electron chi connectivity index (χ3n) is 14.6. The molecule has 15 heteroatoms. The number of esters is 1. The third kappa shape index (κ3) is 10.3. The number of carbonyl (C=O) groups excluding carboxylic acids is 3. The average molecular weight is 1130 g/mol. The molecule has 2 aliphatic heterocycles. The molecule has 0 aliphatic carbocycles. The van der Waals surface area contributed by atoms with Gasteiger partial charge < -0.3 is 20.6 Å². The number of oxime groups is 1. The Bertz CT molecular complexity index is 3660. The second-order valence-electron chi connectivity index (χ2n) is 19.5. The van der Waals surface area contributed by atoms with Gasteiger partial charge in [0.2, 0.25) is 5.60 Å². The van der Waals surface area contributed by atoms with Gasteiger partial charge in [0.25, 0.3) is 11.8 Å². The molecular formula is C67H53N7O5S3. The number of aromatic nitrogens is 3. The minimum Gasteiger partial charge on any atom is -0.448 e. The predicted octanol–water partition coefficient (Wildman–Crippen LogP) is 12.4. The molecule has 0 saturated carbocycles. The van der Waals surface area contributed by atoms with Crippen molar-refractivity contribution in [2.45, 2.75) is 34.4 Å². The fourth-order valence-corrected chi connectivity index (χ4v) is 13.9. The van der Waals surface area contributed by atoms with Crippen LogP contribution in [0.3, 0.4) is 0 Å². The minimum atomic E-state index is -1.34. The highest BCUT2D eigenvalue weighted by molar-refractivity contribution is 8.05. The Hall–Kier alpha value is -9.28. The lowest BCUT2D eigenvalue weighted by molar-refractivity contribution is -0.154. The maximum Gasteiger partial charge on any atom is 0.356 e. The Balaban J connectivity index is 0.886. The van der Waals surface area contributed by atoms with Crippen LogP contribution in [0.2, 0.25) is 0 Å². The number of rotatable bonds is 19. The normalized spacial score (nSPS) is 15.4. The average Bonchev–Trinajstić information content (AvgIpc) is 3.81. The standard InChI is InChI=1S/C67H53N7O5S3/c68-65-70-55(44-82-65)57(72-79-67(52-35-19-6-20-36-52,53-37-21-7-22-38-53)54-39-23-8-24-40-54)61(75)71-58-62(76)74-59(64(77)78-60(47-25-9-1-10-26-47)48-27-11-2-12-28-48)56(45-81-63(58)74)80-43-46-41-69-73(42-46)66(49-29-13-3-14-30-49,50-31-15-4-16-32-50)51-33-17-5-18-34-51/h1-42,44,58,60,63H,43,45H2,(H2,68,70)(H,71,75)/t58-,63+/m1/s1. The fraction of sp³-hybridized carbons (Fsp3) is 0.104. The number of thioether (sulfide) groups is 2. The van der Waals surface area contributed by atoms with E-state index in [9.17, 15) is 9.59 Å². The monoisotopic (exact) mass is 1130 g/mol. The van der Waals surface area contributed by atoms with Crippen LogP contribution in [0.5, 0.6) is 0 Å². The first kappa shape index (κ1) is 53.4. The summed E-state index contributed by atoms with van der Waals surface area (Å²) in [6.45, 7) is 0. The highest BCUT2D eigenvalue weighted by Crippen LogP contribution is 2.47. The zero-order valence-electron chi connectivity index (χ0n) is 44.1. The lowest BCUT2D eigenvalue weighted by atomic mass is 9.77. The van der Waals surface area contributed by atoms with Crippen LogP contribution >= 0.6 is 34.9 Å². The van der Waals surface area contributed by atoms with Gasteiger partial charge in [-0.05, 0) is 27.8 Å². The van der Waals surface area contributed by atoms with Crippen molar-refractivity contribution in [1.82, 2.24) is 25.0 Å². The topological polar surface area (TPSA) is 154 Å². The van der Waals surface area contributed by atoms with Crippen LogP contribution in [-0.2, 0) is 40.9 Å². The number of thiazole rings is 1. The molecule has 12 rings (SSSR count). The number of ether oxygens (including phenoxy) is 1. The van der Waals surface area contributed by atoms with Crippen LogP contribution in [0.15, 0.2) is 276 Å². The largest absolute Gasteiger partial charge is 0.448 e. The second-order valence-corrected chi connectivity index (χ2v) is 22.6. The Morgan fingerprint density at radius 3 is 1.56 bits per heavy atom. The summed E-state index contributed by atoms with van der Waals surface area (Å²) in [7, 11) is 0. The van der Waals surface area contributed by atoms with Crippen LogP contribution in [0.25, 0.3) is 0 Å². The summed E-state index contributed by atoms with van der Waals surface area (Å²) in [5.41, 5.74) is 11.9. The van der Waals surface area contributed by atoms with Gasteiger partial charge in [0.05, 0.1) is 6.20 Å². The molecular weight excluding hydrogens is 1080 g/mol. The lowest BCUT2D eigenvalue weighted by Crippen LogP contribution is -2.71. The van der Waals surface area contributed by atoms with E-state index in [1.165, 1.54) is 28.4 Å². The summed E-state index contributed by atoms with van der Waals surface area (Å²) in [6.07, 6.45) is 3.12. The van der Waals surface area contributed by atoms with Gasteiger partial charge in [0.15, 0.2) is 16.9 Å². The molecule has 10 aromatic rings. The maximum atomic E-state index is 15.2. The zero-order valence-corrected chi connectivity index (χ0v) is 46.5. The second kappa shape index (κ2) is 23.8. The Morgan fingerprint density at radius 1 is 0.659 bits per heavy atom. The van der Waals surface area contributed by atoms with Crippen LogP contribution in [0.1, 0.15) is 61.9 Å². The van der Waals surface area contributed by atoms with E-state index in [4.69, 9.17) is 20.4 Å². The van der Waals surface area contributed by atoms with Crippen LogP contribution in [-0.4, -0.2) is 60.3 Å². The molecule has 82 heavy (non-hydrogen) atoms. The summed E-state index contributed by atoms with van der Waals surface area (Å²) in [5, 5.41) is 13.9. The zero-order chi connectivity index (χ0) is 55.9.